The number of aromatic nitrogens is 4. The lowest BCUT2D eigenvalue weighted by Crippen LogP contribution is -1.99. The zero-order valence-electron chi connectivity index (χ0n) is 17.1. The zero-order chi connectivity index (χ0) is 21.0. The fourth-order valence-electron chi connectivity index (χ4n) is 3.55. The first-order valence-electron chi connectivity index (χ1n) is 10.2. The van der Waals surface area contributed by atoms with Crippen molar-refractivity contribution in [3.05, 3.63) is 109 Å². The molecule has 31 heavy (non-hydrogen) atoms. The van der Waals surface area contributed by atoms with Gasteiger partial charge in [0.25, 0.3) is 0 Å². The molecule has 5 rings (SSSR count). The van der Waals surface area contributed by atoms with E-state index in [1.165, 1.54) is 5.56 Å². The highest BCUT2D eigenvalue weighted by Crippen LogP contribution is 2.27. The van der Waals surface area contributed by atoms with Gasteiger partial charge in [-0.15, -0.1) is 0 Å². The van der Waals surface area contributed by atoms with Crippen LogP contribution in [0.1, 0.15) is 5.82 Å². The second-order valence-electron chi connectivity index (χ2n) is 7.30. The van der Waals surface area contributed by atoms with Gasteiger partial charge in [0.2, 0.25) is 0 Å². The smallest absolute Gasteiger partial charge is 0.163 e. The van der Waals surface area contributed by atoms with Crippen LogP contribution in [0.5, 0.6) is 0 Å². The Hall–Kier alpha value is -4.18. The van der Waals surface area contributed by atoms with Crippen LogP contribution in [0.2, 0.25) is 0 Å². The van der Waals surface area contributed by atoms with Crippen molar-refractivity contribution in [2.24, 2.45) is 0 Å². The number of hydrogen-bond donors (Lipinski definition) is 0. The van der Waals surface area contributed by atoms with Crippen molar-refractivity contribution in [1.82, 2.24) is 19.9 Å². The molecule has 2 aromatic heterocycles. The van der Waals surface area contributed by atoms with Crippen LogP contribution in [0.15, 0.2) is 103 Å². The molecule has 0 aliphatic rings. The van der Waals surface area contributed by atoms with E-state index in [1.807, 2.05) is 67.7 Å². The second-order valence-corrected chi connectivity index (χ2v) is 7.30. The minimum atomic E-state index is 0.672. The molecule has 0 amide bonds. The number of aryl methyl sites for hydroxylation is 1. The summed E-state index contributed by atoms with van der Waals surface area (Å²) in [4.78, 5) is 18.1. The van der Waals surface area contributed by atoms with E-state index in [9.17, 15) is 0 Å². The van der Waals surface area contributed by atoms with E-state index in [2.05, 4.69) is 51.4 Å². The van der Waals surface area contributed by atoms with Gasteiger partial charge in [-0.1, -0.05) is 78.9 Å². The molecule has 148 valence electrons. The first kappa shape index (κ1) is 18.8. The maximum absolute atomic E-state index is 4.78. The molecule has 0 N–H and O–H groups in total. The molecule has 0 unspecified atom stereocenters. The fraction of sp³-hybridized carbons (Fsp3) is 0.0370. The van der Waals surface area contributed by atoms with Crippen LogP contribution in [-0.4, -0.2) is 19.9 Å². The molecule has 4 nitrogen and oxygen atoms in total. The quantitative estimate of drug-likeness (QED) is 0.358. The van der Waals surface area contributed by atoms with Crippen molar-refractivity contribution in [3.8, 4) is 45.0 Å². The van der Waals surface area contributed by atoms with Crippen LogP contribution >= 0.6 is 0 Å². The topological polar surface area (TPSA) is 51.6 Å². The van der Waals surface area contributed by atoms with Gasteiger partial charge in [0, 0.05) is 23.5 Å². The Morgan fingerprint density at radius 1 is 0.484 bits per heavy atom. The Balaban J connectivity index is 1.50. The minimum absolute atomic E-state index is 0.672. The first-order chi connectivity index (χ1) is 15.3. The maximum Gasteiger partial charge on any atom is 0.163 e. The predicted octanol–water partition coefficient (Wildman–Crippen LogP) is 6.24. The van der Waals surface area contributed by atoms with Gasteiger partial charge in [-0.3, -0.25) is 4.98 Å². The lowest BCUT2D eigenvalue weighted by molar-refractivity contribution is 0.992. The normalized spacial score (nSPS) is 10.7. The lowest BCUT2D eigenvalue weighted by atomic mass is 10.0. The summed E-state index contributed by atoms with van der Waals surface area (Å²) in [7, 11) is 0. The molecule has 0 radical (unpaired) electrons. The van der Waals surface area contributed by atoms with E-state index in [4.69, 9.17) is 4.98 Å². The van der Waals surface area contributed by atoms with Crippen LogP contribution in [0.25, 0.3) is 45.0 Å². The Kier molecular flexibility index (Phi) is 5.03. The molecule has 4 heteroatoms. The van der Waals surface area contributed by atoms with Gasteiger partial charge in [-0.05, 0) is 41.3 Å². The Morgan fingerprint density at radius 2 is 1.10 bits per heavy atom. The standard InChI is InChI=1S/C27H20N4/c1-19-29-26(22-14-12-21(13-15-22)25-11-6-16-28-18-25)31-27(30-19)24-10-5-9-23(17-24)20-7-3-2-4-8-20/h2-18H,1H3. The van der Waals surface area contributed by atoms with Gasteiger partial charge in [-0.25, -0.2) is 15.0 Å². The molecule has 0 saturated carbocycles. The second kappa shape index (κ2) is 8.28. The first-order valence-corrected chi connectivity index (χ1v) is 10.2. The molecule has 0 aliphatic heterocycles. The van der Waals surface area contributed by atoms with Crippen molar-refractivity contribution in [1.29, 1.82) is 0 Å². The van der Waals surface area contributed by atoms with Crippen molar-refractivity contribution in [2.75, 3.05) is 0 Å². The van der Waals surface area contributed by atoms with Gasteiger partial charge < -0.3 is 0 Å². The summed E-state index contributed by atoms with van der Waals surface area (Å²) in [5.41, 5.74) is 6.43. The van der Waals surface area contributed by atoms with Crippen LogP contribution in [0.3, 0.4) is 0 Å². The molecular formula is C27H20N4. The molecule has 0 saturated heterocycles. The fourth-order valence-corrected chi connectivity index (χ4v) is 3.55. The van der Waals surface area contributed by atoms with Gasteiger partial charge in [-0.2, -0.15) is 0 Å². The molecule has 0 atom stereocenters. The minimum Gasteiger partial charge on any atom is -0.264 e. The van der Waals surface area contributed by atoms with Crippen LogP contribution in [0, 0.1) is 6.92 Å². The number of pyridine rings is 1. The average Bonchev–Trinajstić information content (AvgIpc) is 2.85. The van der Waals surface area contributed by atoms with E-state index >= 15 is 0 Å². The van der Waals surface area contributed by atoms with Gasteiger partial charge in [0.1, 0.15) is 5.82 Å². The molecule has 0 fully saturated rings. The van der Waals surface area contributed by atoms with Gasteiger partial charge >= 0.3 is 0 Å². The van der Waals surface area contributed by atoms with Crippen LogP contribution < -0.4 is 0 Å². The van der Waals surface area contributed by atoms with Crippen LogP contribution in [0.4, 0.5) is 0 Å². The van der Waals surface area contributed by atoms with Crippen molar-refractivity contribution < 1.29 is 0 Å². The van der Waals surface area contributed by atoms with Gasteiger partial charge in [0.05, 0.1) is 0 Å². The monoisotopic (exact) mass is 400 g/mol. The summed E-state index contributed by atoms with van der Waals surface area (Å²) >= 11 is 0. The number of rotatable bonds is 4. The largest absolute Gasteiger partial charge is 0.264 e. The maximum atomic E-state index is 4.78. The lowest BCUT2D eigenvalue weighted by Gasteiger charge is -2.08. The summed E-state index contributed by atoms with van der Waals surface area (Å²) in [6.45, 7) is 1.90. The Morgan fingerprint density at radius 3 is 1.84 bits per heavy atom. The Bertz CT molecular complexity index is 1310. The number of nitrogens with zero attached hydrogens (tertiary/aromatic N) is 4. The predicted molar refractivity (Wildman–Crippen MR) is 124 cm³/mol. The molecule has 5 aromatic rings. The molecule has 0 aliphatic carbocycles. The zero-order valence-corrected chi connectivity index (χ0v) is 17.1. The average molecular weight is 400 g/mol. The highest BCUT2D eigenvalue weighted by Gasteiger charge is 2.10. The molecule has 2 heterocycles. The molecule has 0 bridgehead atoms. The number of hydrogen-bond acceptors (Lipinski definition) is 4. The highest BCUT2D eigenvalue weighted by atomic mass is 15.0. The molecule has 0 spiro atoms. The number of benzene rings is 3. The van der Waals surface area contributed by atoms with E-state index in [1.54, 1.807) is 6.20 Å². The summed E-state index contributed by atoms with van der Waals surface area (Å²) in [6, 6.07) is 30.8. The highest BCUT2D eigenvalue weighted by molar-refractivity contribution is 5.71. The van der Waals surface area contributed by atoms with E-state index < -0.39 is 0 Å². The van der Waals surface area contributed by atoms with E-state index in [0.29, 0.717) is 17.5 Å². The summed E-state index contributed by atoms with van der Waals surface area (Å²) in [5.74, 6) is 2.04. The molecular weight excluding hydrogens is 380 g/mol. The van der Waals surface area contributed by atoms with Crippen molar-refractivity contribution >= 4 is 0 Å². The third-order valence-electron chi connectivity index (χ3n) is 5.11. The van der Waals surface area contributed by atoms with Gasteiger partial charge in [0.15, 0.2) is 11.6 Å². The summed E-state index contributed by atoms with van der Waals surface area (Å²) < 4.78 is 0. The molecule has 3 aromatic carbocycles. The Labute approximate surface area is 181 Å². The summed E-state index contributed by atoms with van der Waals surface area (Å²) in [6.07, 6.45) is 3.64. The van der Waals surface area contributed by atoms with Crippen molar-refractivity contribution in [3.63, 3.8) is 0 Å². The third-order valence-corrected chi connectivity index (χ3v) is 5.11. The summed E-state index contributed by atoms with van der Waals surface area (Å²) in [5, 5.41) is 0. The van der Waals surface area contributed by atoms with Crippen molar-refractivity contribution in [2.45, 2.75) is 6.92 Å². The third kappa shape index (κ3) is 4.09. The van der Waals surface area contributed by atoms with E-state index in [-0.39, 0.29) is 0 Å². The SMILES string of the molecule is Cc1nc(-c2ccc(-c3cccnc3)cc2)nc(-c2cccc(-c3ccccc3)c2)n1. The van der Waals surface area contributed by atoms with E-state index in [0.717, 1.165) is 27.8 Å². The van der Waals surface area contributed by atoms with Crippen LogP contribution in [-0.2, 0) is 0 Å².